The fourth-order valence-corrected chi connectivity index (χ4v) is 4.78. The lowest BCUT2D eigenvalue weighted by Crippen LogP contribution is -2.43. The highest BCUT2D eigenvalue weighted by molar-refractivity contribution is 5.25. The van der Waals surface area contributed by atoms with Crippen molar-refractivity contribution >= 4 is 0 Å². The van der Waals surface area contributed by atoms with Crippen molar-refractivity contribution in [2.75, 3.05) is 0 Å². The van der Waals surface area contributed by atoms with E-state index in [1.54, 1.807) is 0 Å². The summed E-state index contributed by atoms with van der Waals surface area (Å²) in [6.45, 7) is 10.8. The first-order valence-corrected chi connectivity index (χ1v) is 13.0. The van der Waals surface area contributed by atoms with Crippen LogP contribution in [-0.2, 0) is 0 Å². The van der Waals surface area contributed by atoms with E-state index < -0.39 is 0 Å². The summed E-state index contributed by atoms with van der Waals surface area (Å²) >= 11 is 0. The smallest absolute Gasteiger partial charge is 0.0134 e. The Morgan fingerprint density at radius 1 is 0.767 bits per heavy atom. The molecular formula is C29H51N. The van der Waals surface area contributed by atoms with Crippen molar-refractivity contribution in [1.82, 2.24) is 0 Å². The minimum Gasteiger partial charge on any atom is -0.325 e. The minimum atomic E-state index is -0.189. The molecule has 0 aliphatic heterocycles. The SMILES string of the molecule is C=CC(c1ccccc1)C(CCCCCCCCCCCCCCCC)C(C)(C)N. The summed E-state index contributed by atoms with van der Waals surface area (Å²) in [5.41, 5.74) is 7.76. The van der Waals surface area contributed by atoms with Gasteiger partial charge in [0, 0.05) is 11.5 Å². The second kappa shape index (κ2) is 16.6. The van der Waals surface area contributed by atoms with E-state index in [-0.39, 0.29) is 5.54 Å². The lowest BCUT2D eigenvalue weighted by Gasteiger charge is -2.36. The number of hydrogen-bond acceptors (Lipinski definition) is 1. The van der Waals surface area contributed by atoms with E-state index in [9.17, 15) is 0 Å². The number of hydrogen-bond donors (Lipinski definition) is 1. The molecule has 0 saturated heterocycles. The number of rotatable bonds is 19. The second-order valence-corrected chi connectivity index (χ2v) is 9.98. The van der Waals surface area contributed by atoms with E-state index in [4.69, 9.17) is 5.73 Å². The molecule has 172 valence electrons. The summed E-state index contributed by atoms with van der Waals surface area (Å²) in [6, 6.07) is 10.8. The summed E-state index contributed by atoms with van der Waals surface area (Å²) in [5.74, 6) is 0.780. The van der Waals surface area contributed by atoms with Crippen LogP contribution in [0.3, 0.4) is 0 Å². The van der Waals surface area contributed by atoms with Gasteiger partial charge in [-0.2, -0.15) is 0 Å². The highest BCUT2D eigenvalue weighted by atomic mass is 14.7. The predicted molar refractivity (Wildman–Crippen MR) is 136 cm³/mol. The maximum absolute atomic E-state index is 6.60. The average molecular weight is 414 g/mol. The molecule has 0 bridgehead atoms. The predicted octanol–water partition coefficient (Wildman–Crippen LogP) is 9.18. The van der Waals surface area contributed by atoms with E-state index in [2.05, 4.69) is 63.8 Å². The number of allylic oxidation sites excluding steroid dienone is 1. The van der Waals surface area contributed by atoms with Gasteiger partial charge in [-0.25, -0.2) is 0 Å². The minimum absolute atomic E-state index is 0.189. The quantitative estimate of drug-likeness (QED) is 0.177. The van der Waals surface area contributed by atoms with Gasteiger partial charge in [-0.3, -0.25) is 0 Å². The van der Waals surface area contributed by atoms with Crippen LogP contribution in [0.1, 0.15) is 129 Å². The molecule has 0 aliphatic carbocycles. The van der Waals surface area contributed by atoms with Gasteiger partial charge in [0.25, 0.3) is 0 Å². The van der Waals surface area contributed by atoms with Crippen LogP contribution in [0.2, 0.25) is 0 Å². The van der Waals surface area contributed by atoms with Crippen LogP contribution in [0.25, 0.3) is 0 Å². The Morgan fingerprint density at radius 2 is 1.20 bits per heavy atom. The third kappa shape index (κ3) is 11.9. The molecule has 30 heavy (non-hydrogen) atoms. The maximum Gasteiger partial charge on any atom is 0.0134 e. The molecule has 1 nitrogen and oxygen atoms in total. The Hall–Kier alpha value is -1.08. The molecule has 0 saturated carbocycles. The van der Waals surface area contributed by atoms with Crippen molar-refractivity contribution in [3.05, 3.63) is 48.6 Å². The van der Waals surface area contributed by atoms with Gasteiger partial charge in [-0.05, 0) is 31.7 Å². The summed E-state index contributed by atoms with van der Waals surface area (Å²) < 4.78 is 0. The third-order valence-electron chi connectivity index (χ3n) is 6.70. The van der Waals surface area contributed by atoms with E-state index in [1.165, 1.54) is 102 Å². The molecule has 1 heteroatoms. The maximum atomic E-state index is 6.60. The zero-order chi connectivity index (χ0) is 22.1. The zero-order valence-corrected chi connectivity index (χ0v) is 20.5. The van der Waals surface area contributed by atoms with Crippen molar-refractivity contribution in [2.45, 2.75) is 129 Å². The molecular weight excluding hydrogens is 362 g/mol. The first-order valence-electron chi connectivity index (χ1n) is 13.0. The average Bonchev–Trinajstić information content (AvgIpc) is 2.73. The number of nitrogens with two attached hydrogens (primary N) is 1. The van der Waals surface area contributed by atoms with Gasteiger partial charge >= 0.3 is 0 Å². The first-order chi connectivity index (χ1) is 14.5. The number of unbranched alkanes of at least 4 members (excludes halogenated alkanes) is 13. The molecule has 2 atom stereocenters. The molecule has 0 radical (unpaired) electrons. The Balaban J connectivity index is 2.16. The van der Waals surface area contributed by atoms with Gasteiger partial charge in [0.1, 0.15) is 0 Å². The van der Waals surface area contributed by atoms with Crippen molar-refractivity contribution in [1.29, 1.82) is 0 Å². The third-order valence-corrected chi connectivity index (χ3v) is 6.70. The molecule has 0 fully saturated rings. The first kappa shape index (κ1) is 27.0. The zero-order valence-electron chi connectivity index (χ0n) is 20.5. The standard InChI is InChI=1S/C29H51N/c1-5-7-8-9-10-11-12-13-14-15-16-17-18-22-25-28(29(3,4)30)27(6-2)26-23-20-19-21-24-26/h6,19-21,23-24,27-28H,2,5,7-18,22,25,30H2,1,3-4H3. The van der Waals surface area contributed by atoms with Gasteiger partial charge in [-0.1, -0.05) is 133 Å². The summed E-state index contributed by atoms with van der Waals surface area (Å²) in [4.78, 5) is 0. The van der Waals surface area contributed by atoms with Crippen molar-refractivity contribution in [2.24, 2.45) is 11.7 Å². The monoisotopic (exact) mass is 413 g/mol. The summed E-state index contributed by atoms with van der Waals surface area (Å²) in [6.07, 6.45) is 23.0. The molecule has 0 spiro atoms. The molecule has 1 aromatic carbocycles. The molecule has 0 heterocycles. The van der Waals surface area contributed by atoms with Gasteiger partial charge in [0.2, 0.25) is 0 Å². The largest absolute Gasteiger partial charge is 0.325 e. The van der Waals surface area contributed by atoms with Crippen molar-refractivity contribution in [3.8, 4) is 0 Å². The van der Waals surface area contributed by atoms with Gasteiger partial charge in [0.15, 0.2) is 0 Å². The van der Waals surface area contributed by atoms with Gasteiger partial charge in [0.05, 0.1) is 0 Å². The topological polar surface area (TPSA) is 26.0 Å². The normalized spacial score (nSPS) is 13.9. The van der Waals surface area contributed by atoms with Crippen molar-refractivity contribution in [3.63, 3.8) is 0 Å². The molecule has 0 amide bonds. The molecule has 1 aromatic rings. The van der Waals surface area contributed by atoms with Crippen LogP contribution < -0.4 is 5.73 Å². The number of benzene rings is 1. The van der Waals surface area contributed by atoms with Crippen LogP contribution in [0.15, 0.2) is 43.0 Å². The summed E-state index contributed by atoms with van der Waals surface area (Å²) in [7, 11) is 0. The van der Waals surface area contributed by atoms with E-state index >= 15 is 0 Å². The Morgan fingerprint density at radius 3 is 1.60 bits per heavy atom. The lowest BCUT2D eigenvalue weighted by atomic mass is 9.72. The van der Waals surface area contributed by atoms with Crippen LogP contribution in [0.4, 0.5) is 0 Å². The van der Waals surface area contributed by atoms with Crippen LogP contribution >= 0.6 is 0 Å². The molecule has 2 unspecified atom stereocenters. The van der Waals surface area contributed by atoms with E-state index in [0.717, 1.165) is 0 Å². The Bertz CT molecular complexity index is 513. The fraction of sp³-hybridized carbons (Fsp3) is 0.724. The molecule has 0 aliphatic rings. The Kier molecular flexibility index (Phi) is 14.9. The summed E-state index contributed by atoms with van der Waals surface area (Å²) in [5, 5.41) is 0. The van der Waals surface area contributed by atoms with Gasteiger partial charge < -0.3 is 5.73 Å². The van der Waals surface area contributed by atoms with Gasteiger partial charge in [-0.15, -0.1) is 6.58 Å². The molecule has 1 rings (SSSR count). The van der Waals surface area contributed by atoms with Crippen molar-refractivity contribution < 1.29 is 0 Å². The molecule has 2 N–H and O–H groups in total. The van der Waals surface area contributed by atoms with Crippen LogP contribution in [0, 0.1) is 5.92 Å². The van der Waals surface area contributed by atoms with Crippen LogP contribution in [0.5, 0.6) is 0 Å². The van der Waals surface area contributed by atoms with Crippen LogP contribution in [-0.4, -0.2) is 5.54 Å². The highest BCUT2D eigenvalue weighted by Gasteiger charge is 2.31. The van der Waals surface area contributed by atoms with E-state index in [0.29, 0.717) is 11.8 Å². The van der Waals surface area contributed by atoms with E-state index in [1.807, 2.05) is 0 Å². The highest BCUT2D eigenvalue weighted by Crippen LogP contribution is 2.36. The lowest BCUT2D eigenvalue weighted by molar-refractivity contribution is 0.268. The Labute approximate surface area is 188 Å². The fourth-order valence-electron chi connectivity index (χ4n) is 4.78. The second-order valence-electron chi connectivity index (χ2n) is 9.98. The molecule has 0 aromatic heterocycles.